The fourth-order valence-electron chi connectivity index (χ4n) is 3.71. The van der Waals surface area contributed by atoms with Crippen molar-refractivity contribution in [2.24, 2.45) is 0 Å². The van der Waals surface area contributed by atoms with Gasteiger partial charge in [-0.25, -0.2) is 4.68 Å². The summed E-state index contributed by atoms with van der Waals surface area (Å²) in [6, 6.07) is 10.5. The third-order valence-electron chi connectivity index (χ3n) is 5.44. The van der Waals surface area contributed by atoms with Gasteiger partial charge in [0.05, 0.1) is 35.3 Å². The maximum absolute atomic E-state index is 13.3. The minimum atomic E-state index is -0.266. The SMILES string of the molecule is COc1ccc(NC(=O)c2cnn(-c3ccc(Cl)cc3Cl)c2C2CC2)cc1-n1nnnc1C. The Morgan fingerprint density at radius 1 is 1.12 bits per heavy atom. The Morgan fingerprint density at radius 3 is 2.61 bits per heavy atom. The second kappa shape index (κ2) is 8.49. The summed E-state index contributed by atoms with van der Waals surface area (Å²) in [6.07, 6.45) is 3.55. The summed E-state index contributed by atoms with van der Waals surface area (Å²) < 4.78 is 8.71. The van der Waals surface area contributed by atoms with Gasteiger partial charge in [-0.05, 0) is 66.6 Å². The zero-order chi connectivity index (χ0) is 23.1. The lowest BCUT2D eigenvalue weighted by atomic mass is 10.1. The summed E-state index contributed by atoms with van der Waals surface area (Å²) in [4.78, 5) is 13.3. The van der Waals surface area contributed by atoms with Gasteiger partial charge in [-0.1, -0.05) is 23.2 Å². The third kappa shape index (κ3) is 4.05. The molecule has 0 aliphatic heterocycles. The number of tetrazole rings is 1. The van der Waals surface area contributed by atoms with Crippen LogP contribution in [0, 0.1) is 6.92 Å². The van der Waals surface area contributed by atoms with E-state index in [-0.39, 0.29) is 11.8 Å². The van der Waals surface area contributed by atoms with Crippen LogP contribution >= 0.6 is 23.2 Å². The zero-order valence-electron chi connectivity index (χ0n) is 17.8. The molecule has 2 aromatic carbocycles. The molecule has 4 aromatic rings. The number of benzene rings is 2. The van der Waals surface area contributed by atoms with Crippen molar-refractivity contribution in [2.75, 3.05) is 12.4 Å². The maximum atomic E-state index is 13.3. The van der Waals surface area contributed by atoms with Crippen molar-refractivity contribution >= 4 is 34.8 Å². The van der Waals surface area contributed by atoms with E-state index in [1.165, 1.54) is 0 Å². The molecule has 0 atom stereocenters. The molecule has 168 valence electrons. The van der Waals surface area contributed by atoms with Crippen molar-refractivity contribution in [3.05, 3.63) is 69.7 Å². The van der Waals surface area contributed by atoms with E-state index in [9.17, 15) is 4.79 Å². The quantitative estimate of drug-likeness (QED) is 0.430. The number of hydrogen-bond acceptors (Lipinski definition) is 6. The van der Waals surface area contributed by atoms with Crippen molar-refractivity contribution in [3.63, 3.8) is 0 Å². The normalized spacial score (nSPS) is 13.2. The van der Waals surface area contributed by atoms with Crippen LogP contribution in [0.5, 0.6) is 5.75 Å². The van der Waals surface area contributed by atoms with Gasteiger partial charge >= 0.3 is 0 Å². The minimum Gasteiger partial charge on any atom is -0.494 e. The van der Waals surface area contributed by atoms with Crippen LogP contribution in [0.3, 0.4) is 0 Å². The minimum absolute atomic E-state index is 0.246. The van der Waals surface area contributed by atoms with Crippen LogP contribution in [-0.4, -0.2) is 43.0 Å². The van der Waals surface area contributed by atoms with Crippen LogP contribution in [0.15, 0.2) is 42.6 Å². The van der Waals surface area contributed by atoms with Crippen LogP contribution in [0.2, 0.25) is 10.0 Å². The Balaban J connectivity index is 1.49. The Bertz CT molecular complexity index is 1360. The first-order valence-corrected chi connectivity index (χ1v) is 11.0. The van der Waals surface area contributed by atoms with E-state index in [1.54, 1.807) is 66.0 Å². The average Bonchev–Trinajstić information content (AvgIpc) is 3.39. The van der Waals surface area contributed by atoms with Gasteiger partial charge in [0.15, 0.2) is 5.82 Å². The molecule has 0 radical (unpaired) electrons. The number of aryl methyl sites for hydroxylation is 1. The molecule has 9 nitrogen and oxygen atoms in total. The zero-order valence-corrected chi connectivity index (χ0v) is 19.3. The van der Waals surface area contributed by atoms with E-state index >= 15 is 0 Å². The molecule has 0 bridgehead atoms. The molecule has 1 aliphatic rings. The number of anilines is 1. The Kier molecular flexibility index (Phi) is 5.51. The second-order valence-electron chi connectivity index (χ2n) is 7.70. The molecule has 11 heteroatoms. The monoisotopic (exact) mass is 483 g/mol. The summed E-state index contributed by atoms with van der Waals surface area (Å²) >= 11 is 12.5. The number of ether oxygens (including phenoxy) is 1. The van der Waals surface area contributed by atoms with Crippen molar-refractivity contribution in [2.45, 2.75) is 25.7 Å². The Hall–Kier alpha value is -3.43. The number of aromatic nitrogens is 6. The molecule has 0 unspecified atom stereocenters. The molecule has 2 heterocycles. The van der Waals surface area contributed by atoms with Gasteiger partial charge in [0.25, 0.3) is 5.91 Å². The van der Waals surface area contributed by atoms with E-state index in [4.69, 9.17) is 27.9 Å². The fourth-order valence-corrected chi connectivity index (χ4v) is 4.20. The predicted molar refractivity (Wildman–Crippen MR) is 124 cm³/mol. The number of hydrogen-bond donors (Lipinski definition) is 1. The van der Waals surface area contributed by atoms with E-state index < -0.39 is 0 Å². The van der Waals surface area contributed by atoms with Crippen molar-refractivity contribution in [1.29, 1.82) is 0 Å². The average molecular weight is 484 g/mol. The van der Waals surface area contributed by atoms with Gasteiger partial charge in [-0.15, -0.1) is 5.10 Å². The summed E-state index contributed by atoms with van der Waals surface area (Å²) in [5.74, 6) is 1.15. The highest BCUT2D eigenvalue weighted by Gasteiger charge is 2.33. The maximum Gasteiger partial charge on any atom is 0.259 e. The number of rotatable bonds is 6. The molecule has 5 rings (SSSR count). The Labute approximate surface area is 199 Å². The molecule has 1 amide bonds. The van der Waals surface area contributed by atoms with Gasteiger partial charge in [-0.3, -0.25) is 4.79 Å². The molecular formula is C22H19Cl2N7O2. The molecule has 33 heavy (non-hydrogen) atoms. The van der Waals surface area contributed by atoms with Crippen LogP contribution in [0.4, 0.5) is 5.69 Å². The number of halogens is 2. The van der Waals surface area contributed by atoms with Crippen molar-refractivity contribution in [3.8, 4) is 17.1 Å². The van der Waals surface area contributed by atoms with Gasteiger partial charge < -0.3 is 10.1 Å². The first-order chi connectivity index (χ1) is 16.0. The van der Waals surface area contributed by atoms with Crippen LogP contribution in [0.25, 0.3) is 11.4 Å². The smallest absolute Gasteiger partial charge is 0.259 e. The van der Waals surface area contributed by atoms with Gasteiger partial charge in [-0.2, -0.15) is 9.78 Å². The van der Waals surface area contributed by atoms with Crippen molar-refractivity contribution < 1.29 is 9.53 Å². The van der Waals surface area contributed by atoms with Gasteiger partial charge in [0.1, 0.15) is 11.4 Å². The van der Waals surface area contributed by atoms with E-state index in [0.717, 1.165) is 18.5 Å². The lowest BCUT2D eigenvalue weighted by molar-refractivity contribution is 0.102. The lowest BCUT2D eigenvalue weighted by Gasteiger charge is -2.13. The molecule has 1 fully saturated rings. The Morgan fingerprint density at radius 2 is 1.94 bits per heavy atom. The van der Waals surface area contributed by atoms with Crippen LogP contribution < -0.4 is 10.1 Å². The number of carbonyl (C=O) groups is 1. The third-order valence-corrected chi connectivity index (χ3v) is 5.98. The highest BCUT2D eigenvalue weighted by atomic mass is 35.5. The molecule has 1 aliphatic carbocycles. The first-order valence-electron chi connectivity index (χ1n) is 10.2. The summed E-state index contributed by atoms with van der Waals surface area (Å²) in [7, 11) is 1.56. The summed E-state index contributed by atoms with van der Waals surface area (Å²) in [5.41, 5.74) is 3.21. The standard InChI is InChI=1S/C22H19Cl2N7O2/c1-12-27-28-29-30(12)19-10-15(6-8-20(19)33-2)26-22(32)16-11-25-31(21(16)13-3-4-13)18-7-5-14(23)9-17(18)24/h5-11,13H,3-4H2,1-2H3,(H,26,32). The van der Waals surface area contributed by atoms with E-state index in [1.807, 2.05) is 0 Å². The lowest BCUT2D eigenvalue weighted by Crippen LogP contribution is -2.15. The molecule has 0 spiro atoms. The first kappa shape index (κ1) is 21.4. The van der Waals surface area contributed by atoms with Crippen LogP contribution in [0.1, 0.15) is 40.6 Å². The van der Waals surface area contributed by atoms with E-state index in [2.05, 4.69) is 25.9 Å². The number of amides is 1. The number of nitrogens with one attached hydrogen (secondary N) is 1. The topological polar surface area (TPSA) is 99.8 Å². The fraction of sp³-hybridized carbons (Fsp3) is 0.227. The molecule has 2 aromatic heterocycles. The second-order valence-corrected chi connectivity index (χ2v) is 8.55. The summed E-state index contributed by atoms with van der Waals surface area (Å²) in [6.45, 7) is 1.78. The summed E-state index contributed by atoms with van der Waals surface area (Å²) in [5, 5.41) is 20.0. The number of methoxy groups -OCH3 is 1. The highest BCUT2D eigenvalue weighted by Crippen LogP contribution is 2.43. The van der Waals surface area contributed by atoms with Crippen LogP contribution in [-0.2, 0) is 0 Å². The van der Waals surface area contributed by atoms with Gasteiger partial charge in [0, 0.05) is 16.6 Å². The number of nitrogens with zero attached hydrogens (tertiary/aromatic N) is 6. The molecular weight excluding hydrogens is 465 g/mol. The van der Waals surface area contributed by atoms with Gasteiger partial charge in [0.2, 0.25) is 0 Å². The predicted octanol–water partition coefficient (Wildman–Crippen LogP) is 4.60. The molecule has 1 saturated carbocycles. The van der Waals surface area contributed by atoms with Crippen molar-refractivity contribution in [1.82, 2.24) is 30.0 Å². The highest BCUT2D eigenvalue weighted by molar-refractivity contribution is 6.35. The molecule has 0 saturated heterocycles. The largest absolute Gasteiger partial charge is 0.494 e. The van der Waals surface area contributed by atoms with E-state index in [0.29, 0.717) is 44.2 Å². The molecule has 1 N–H and O–H groups in total. The number of carbonyl (C=O) groups excluding carboxylic acids is 1.